The second-order valence-corrected chi connectivity index (χ2v) is 5.56. The maximum Gasteiger partial charge on any atom is 0.122 e. The first kappa shape index (κ1) is 12.9. The van der Waals surface area contributed by atoms with Gasteiger partial charge in [-0.2, -0.15) is 0 Å². The highest BCUT2D eigenvalue weighted by atomic mass is 79.9. The summed E-state index contributed by atoms with van der Waals surface area (Å²) in [7, 11) is 1.75. The van der Waals surface area contributed by atoms with E-state index in [0.29, 0.717) is 6.04 Å². The summed E-state index contributed by atoms with van der Waals surface area (Å²) < 4.78 is 6.64. The van der Waals surface area contributed by atoms with Crippen LogP contribution in [0.4, 0.5) is 0 Å². The van der Waals surface area contributed by atoms with Crippen molar-refractivity contribution in [3.8, 4) is 5.75 Å². The van der Waals surface area contributed by atoms with Crippen LogP contribution in [-0.4, -0.2) is 19.7 Å². The molecule has 1 aromatic carbocycles. The van der Waals surface area contributed by atoms with Crippen LogP contribution < -0.4 is 10.1 Å². The fourth-order valence-electron chi connectivity index (χ4n) is 2.49. The first-order valence-electron chi connectivity index (χ1n) is 6.27. The standard InChI is InChI=1S/C14H20BrNO/c1-10-12(9-11-5-3-4-8-16-11)14(17-2)7-6-13(10)15/h6-7,11,16H,3-5,8-9H2,1-2H3. The monoisotopic (exact) mass is 297 g/mol. The molecule has 1 N–H and O–H groups in total. The van der Waals surface area contributed by atoms with Gasteiger partial charge in [-0.1, -0.05) is 22.4 Å². The van der Waals surface area contributed by atoms with Gasteiger partial charge in [0.05, 0.1) is 7.11 Å². The predicted octanol–water partition coefficient (Wildman–Crippen LogP) is 3.45. The Morgan fingerprint density at radius 2 is 2.24 bits per heavy atom. The molecule has 2 rings (SSSR count). The van der Waals surface area contributed by atoms with E-state index in [1.165, 1.54) is 34.9 Å². The van der Waals surface area contributed by atoms with Crippen molar-refractivity contribution in [3.63, 3.8) is 0 Å². The van der Waals surface area contributed by atoms with Crippen LogP contribution in [0.25, 0.3) is 0 Å². The van der Waals surface area contributed by atoms with E-state index < -0.39 is 0 Å². The lowest BCUT2D eigenvalue weighted by atomic mass is 9.94. The van der Waals surface area contributed by atoms with Crippen molar-refractivity contribution in [3.05, 3.63) is 27.7 Å². The highest BCUT2D eigenvalue weighted by Gasteiger charge is 2.17. The molecule has 1 aliphatic rings. The van der Waals surface area contributed by atoms with E-state index in [1.807, 2.05) is 0 Å². The van der Waals surface area contributed by atoms with Gasteiger partial charge in [-0.05, 0) is 56.0 Å². The van der Waals surface area contributed by atoms with Crippen molar-refractivity contribution in [2.24, 2.45) is 0 Å². The molecule has 0 aromatic heterocycles. The Morgan fingerprint density at radius 3 is 2.88 bits per heavy atom. The van der Waals surface area contributed by atoms with E-state index in [4.69, 9.17) is 4.74 Å². The molecule has 3 heteroatoms. The largest absolute Gasteiger partial charge is 0.496 e. The lowest BCUT2D eigenvalue weighted by Crippen LogP contribution is -2.35. The molecule has 1 heterocycles. The van der Waals surface area contributed by atoms with Crippen LogP contribution in [0.1, 0.15) is 30.4 Å². The van der Waals surface area contributed by atoms with Gasteiger partial charge in [0.25, 0.3) is 0 Å². The van der Waals surface area contributed by atoms with Crippen LogP contribution in [0.5, 0.6) is 5.75 Å². The van der Waals surface area contributed by atoms with E-state index in [0.717, 1.165) is 18.7 Å². The van der Waals surface area contributed by atoms with Crippen molar-refractivity contribution in [2.45, 2.75) is 38.6 Å². The van der Waals surface area contributed by atoms with Gasteiger partial charge in [0, 0.05) is 10.5 Å². The van der Waals surface area contributed by atoms with E-state index in [9.17, 15) is 0 Å². The highest BCUT2D eigenvalue weighted by Crippen LogP contribution is 2.30. The minimum Gasteiger partial charge on any atom is -0.496 e. The quantitative estimate of drug-likeness (QED) is 0.923. The van der Waals surface area contributed by atoms with Gasteiger partial charge in [0.15, 0.2) is 0 Å². The van der Waals surface area contributed by atoms with Crippen LogP contribution in [0.2, 0.25) is 0 Å². The summed E-state index contributed by atoms with van der Waals surface area (Å²) in [6, 6.07) is 4.71. The number of piperidine rings is 1. The molecule has 1 fully saturated rings. The number of rotatable bonds is 3. The Hall–Kier alpha value is -0.540. The zero-order chi connectivity index (χ0) is 12.3. The van der Waals surface area contributed by atoms with E-state index >= 15 is 0 Å². The van der Waals surface area contributed by atoms with E-state index in [-0.39, 0.29) is 0 Å². The Kier molecular flexibility index (Phi) is 4.46. The van der Waals surface area contributed by atoms with Crippen molar-refractivity contribution < 1.29 is 4.74 Å². The molecule has 0 aliphatic carbocycles. The van der Waals surface area contributed by atoms with Gasteiger partial charge in [-0.25, -0.2) is 0 Å². The number of hydrogen-bond acceptors (Lipinski definition) is 2. The van der Waals surface area contributed by atoms with Crippen LogP contribution in [0, 0.1) is 6.92 Å². The summed E-state index contributed by atoms with van der Waals surface area (Å²) in [6.45, 7) is 3.31. The SMILES string of the molecule is COc1ccc(Br)c(C)c1CC1CCCCN1. The second kappa shape index (κ2) is 5.87. The summed E-state index contributed by atoms with van der Waals surface area (Å²) in [4.78, 5) is 0. The number of benzene rings is 1. The minimum absolute atomic E-state index is 0.602. The molecule has 1 saturated heterocycles. The van der Waals surface area contributed by atoms with E-state index in [1.54, 1.807) is 7.11 Å². The summed E-state index contributed by atoms with van der Waals surface area (Å²) in [5.74, 6) is 1.01. The van der Waals surface area contributed by atoms with Gasteiger partial charge < -0.3 is 10.1 Å². The van der Waals surface area contributed by atoms with Crippen molar-refractivity contribution in [1.29, 1.82) is 0 Å². The minimum atomic E-state index is 0.602. The van der Waals surface area contributed by atoms with E-state index in [2.05, 4.69) is 40.3 Å². The molecular weight excluding hydrogens is 278 g/mol. The number of ether oxygens (including phenoxy) is 1. The Morgan fingerprint density at radius 1 is 1.41 bits per heavy atom. The van der Waals surface area contributed by atoms with Gasteiger partial charge in [0.1, 0.15) is 5.75 Å². The third-order valence-corrected chi connectivity index (χ3v) is 4.43. The molecule has 2 nitrogen and oxygen atoms in total. The lowest BCUT2D eigenvalue weighted by Gasteiger charge is -2.25. The number of nitrogens with one attached hydrogen (secondary N) is 1. The fourth-order valence-corrected chi connectivity index (χ4v) is 2.86. The molecule has 0 bridgehead atoms. The van der Waals surface area contributed by atoms with Gasteiger partial charge in [-0.3, -0.25) is 0 Å². The zero-order valence-electron chi connectivity index (χ0n) is 10.6. The van der Waals surface area contributed by atoms with Gasteiger partial charge in [-0.15, -0.1) is 0 Å². The van der Waals surface area contributed by atoms with Crippen molar-refractivity contribution in [1.82, 2.24) is 5.32 Å². The maximum absolute atomic E-state index is 5.47. The van der Waals surface area contributed by atoms with Crippen LogP contribution >= 0.6 is 15.9 Å². The summed E-state index contributed by atoms with van der Waals surface area (Å²) in [5, 5.41) is 3.59. The first-order valence-corrected chi connectivity index (χ1v) is 7.07. The smallest absolute Gasteiger partial charge is 0.122 e. The number of hydrogen-bond donors (Lipinski definition) is 1. The summed E-state index contributed by atoms with van der Waals surface area (Å²) in [5.41, 5.74) is 2.64. The van der Waals surface area contributed by atoms with Crippen molar-refractivity contribution in [2.75, 3.05) is 13.7 Å². The van der Waals surface area contributed by atoms with Crippen LogP contribution in [0.3, 0.4) is 0 Å². The van der Waals surface area contributed by atoms with Crippen molar-refractivity contribution >= 4 is 15.9 Å². The summed E-state index contributed by atoms with van der Waals surface area (Å²) in [6.07, 6.45) is 4.99. The molecule has 0 radical (unpaired) electrons. The number of methoxy groups -OCH3 is 1. The zero-order valence-corrected chi connectivity index (χ0v) is 12.1. The Balaban J connectivity index is 2.20. The predicted molar refractivity (Wildman–Crippen MR) is 74.8 cm³/mol. The average Bonchev–Trinajstić information content (AvgIpc) is 2.37. The lowest BCUT2D eigenvalue weighted by molar-refractivity contribution is 0.381. The first-order chi connectivity index (χ1) is 8.22. The molecule has 1 aromatic rings. The second-order valence-electron chi connectivity index (χ2n) is 4.70. The normalized spacial score (nSPS) is 20.3. The third kappa shape index (κ3) is 3.02. The van der Waals surface area contributed by atoms with Crippen LogP contribution in [-0.2, 0) is 6.42 Å². The molecule has 0 saturated carbocycles. The molecule has 0 spiro atoms. The average molecular weight is 298 g/mol. The molecule has 1 atom stereocenters. The molecular formula is C14H20BrNO. The Labute approximate surface area is 112 Å². The maximum atomic E-state index is 5.47. The molecule has 1 aliphatic heterocycles. The Bertz CT molecular complexity index is 386. The highest BCUT2D eigenvalue weighted by molar-refractivity contribution is 9.10. The van der Waals surface area contributed by atoms with Gasteiger partial charge >= 0.3 is 0 Å². The fraction of sp³-hybridized carbons (Fsp3) is 0.571. The van der Waals surface area contributed by atoms with Crippen LogP contribution in [0.15, 0.2) is 16.6 Å². The molecule has 94 valence electrons. The molecule has 0 amide bonds. The van der Waals surface area contributed by atoms with Gasteiger partial charge in [0.2, 0.25) is 0 Å². The molecule has 1 unspecified atom stereocenters. The third-order valence-electron chi connectivity index (χ3n) is 3.57. The molecule has 17 heavy (non-hydrogen) atoms. The number of halogens is 1. The summed E-state index contributed by atoms with van der Waals surface area (Å²) >= 11 is 3.60. The topological polar surface area (TPSA) is 21.3 Å².